The smallest absolute Gasteiger partial charge is 0.163 e. The van der Waals surface area contributed by atoms with Crippen LogP contribution in [-0.2, 0) is 3.07 Å². The molecule has 1 saturated carbocycles. The minimum Gasteiger partial charge on any atom is -0.300 e. The zero-order valence-corrected chi connectivity index (χ0v) is 7.30. The first kappa shape index (κ1) is 6.22. The van der Waals surface area contributed by atoms with Crippen LogP contribution in [0.4, 0.5) is 0 Å². The van der Waals surface area contributed by atoms with Gasteiger partial charge in [-0.15, -0.1) is 0 Å². The van der Waals surface area contributed by atoms with E-state index in [4.69, 9.17) is 0 Å². The summed E-state index contributed by atoms with van der Waals surface area (Å²) in [6.45, 7) is 0. The molecule has 1 heterocycles. The highest BCUT2D eigenvalue weighted by molar-refractivity contribution is 14.1. The first-order chi connectivity index (χ1) is 4.40. The lowest BCUT2D eigenvalue weighted by molar-refractivity contribution is 0.486. The molecule has 0 aromatic heterocycles. The Kier molecular flexibility index (Phi) is 1.57. The zero-order chi connectivity index (χ0) is 6.27. The highest BCUT2D eigenvalue weighted by atomic mass is 127. The van der Waals surface area contributed by atoms with E-state index in [0.717, 1.165) is 12.0 Å². The third-order valence-corrected chi connectivity index (χ3v) is 4.30. The van der Waals surface area contributed by atoms with E-state index in [2.05, 4.69) is 5.32 Å². The van der Waals surface area contributed by atoms with Crippen molar-refractivity contribution in [3.63, 3.8) is 0 Å². The molecule has 2 rings (SSSR count). The third-order valence-electron chi connectivity index (χ3n) is 2.38. The SMILES string of the molecule is O=IC1NC2CCC1C2. The molecule has 3 heteroatoms. The van der Waals surface area contributed by atoms with Gasteiger partial charge in [-0.25, -0.2) is 0 Å². The molecule has 2 aliphatic rings. The Morgan fingerprint density at radius 2 is 2.33 bits per heavy atom. The van der Waals surface area contributed by atoms with Gasteiger partial charge in [-0.05, 0) is 25.2 Å². The fourth-order valence-corrected chi connectivity index (χ4v) is 3.62. The van der Waals surface area contributed by atoms with Gasteiger partial charge in [-0.1, -0.05) is 0 Å². The largest absolute Gasteiger partial charge is 0.300 e. The predicted molar refractivity (Wildman–Crippen MR) is 42.8 cm³/mol. The van der Waals surface area contributed by atoms with E-state index in [9.17, 15) is 3.07 Å². The van der Waals surface area contributed by atoms with Gasteiger partial charge in [0, 0.05) is 6.04 Å². The van der Waals surface area contributed by atoms with Crippen molar-refractivity contribution >= 4 is 21.2 Å². The van der Waals surface area contributed by atoms with Gasteiger partial charge in [-0.2, -0.15) is 0 Å². The van der Waals surface area contributed by atoms with Crippen LogP contribution in [-0.4, -0.2) is 10.1 Å². The van der Waals surface area contributed by atoms with Gasteiger partial charge in [0.25, 0.3) is 0 Å². The van der Waals surface area contributed by atoms with Crippen molar-refractivity contribution in [2.24, 2.45) is 5.92 Å². The van der Waals surface area contributed by atoms with Crippen LogP contribution in [0.5, 0.6) is 0 Å². The molecule has 1 N–H and O–H groups in total. The summed E-state index contributed by atoms with van der Waals surface area (Å²) in [5, 5.41) is 3.38. The van der Waals surface area contributed by atoms with E-state index in [1.807, 2.05) is 0 Å². The second-order valence-electron chi connectivity index (χ2n) is 2.93. The maximum atomic E-state index is 10.6. The lowest BCUT2D eigenvalue weighted by Gasteiger charge is -2.15. The van der Waals surface area contributed by atoms with Crippen molar-refractivity contribution in [3.05, 3.63) is 0 Å². The summed E-state index contributed by atoms with van der Waals surface area (Å²) < 4.78 is 11.0. The molecule has 0 aromatic carbocycles. The number of nitrogens with one attached hydrogen (secondary N) is 1. The monoisotopic (exact) mass is 239 g/mol. The minimum atomic E-state index is -0.773. The normalized spacial score (nSPS) is 48.2. The topological polar surface area (TPSA) is 29.1 Å². The molecule has 1 aliphatic heterocycles. The van der Waals surface area contributed by atoms with Gasteiger partial charge in [0.1, 0.15) is 0 Å². The number of hydrogen-bond acceptors (Lipinski definition) is 2. The van der Waals surface area contributed by atoms with Crippen LogP contribution in [0.1, 0.15) is 19.3 Å². The Morgan fingerprint density at radius 3 is 2.67 bits per heavy atom. The van der Waals surface area contributed by atoms with Crippen molar-refractivity contribution in [2.45, 2.75) is 29.4 Å². The van der Waals surface area contributed by atoms with Gasteiger partial charge in [0.05, 0.1) is 4.05 Å². The Balaban J connectivity index is 2.09. The Bertz CT molecular complexity index is 139. The Hall–Kier alpha value is 0.490. The lowest BCUT2D eigenvalue weighted by Crippen LogP contribution is -2.30. The van der Waals surface area contributed by atoms with Gasteiger partial charge in [0.15, 0.2) is 21.2 Å². The van der Waals surface area contributed by atoms with Crippen LogP contribution in [0.3, 0.4) is 0 Å². The Morgan fingerprint density at radius 1 is 1.44 bits per heavy atom. The van der Waals surface area contributed by atoms with Crippen LogP contribution in [0.2, 0.25) is 0 Å². The summed E-state index contributed by atoms with van der Waals surface area (Å²) in [6.07, 6.45) is 3.95. The van der Waals surface area contributed by atoms with Crippen LogP contribution >= 0.6 is 21.2 Å². The second-order valence-corrected chi connectivity index (χ2v) is 4.78. The molecule has 52 valence electrons. The number of piperidine rings is 1. The number of rotatable bonds is 1. The molecule has 2 fully saturated rings. The summed E-state index contributed by atoms with van der Waals surface area (Å²) in [7, 11) is 0. The van der Waals surface area contributed by atoms with Gasteiger partial charge in [-0.3, -0.25) is 3.07 Å². The molecular formula is C6H10INO. The molecule has 1 aliphatic carbocycles. The van der Waals surface area contributed by atoms with Gasteiger partial charge < -0.3 is 5.32 Å². The molecule has 0 spiro atoms. The summed E-state index contributed by atoms with van der Waals surface area (Å²) in [5.74, 6) is 0.778. The summed E-state index contributed by atoms with van der Waals surface area (Å²) >= 11 is -0.773. The Labute approximate surface area is 65.0 Å². The van der Waals surface area contributed by atoms with Crippen molar-refractivity contribution < 1.29 is 3.07 Å². The minimum absolute atomic E-state index is 0.433. The maximum absolute atomic E-state index is 10.6. The van der Waals surface area contributed by atoms with E-state index >= 15 is 0 Å². The molecule has 9 heavy (non-hydrogen) atoms. The molecule has 0 aromatic rings. The molecule has 3 atom stereocenters. The van der Waals surface area contributed by atoms with E-state index in [-0.39, 0.29) is 0 Å². The quantitative estimate of drug-likeness (QED) is 0.425. The molecule has 0 amide bonds. The van der Waals surface area contributed by atoms with Crippen molar-refractivity contribution in [3.8, 4) is 0 Å². The molecular weight excluding hydrogens is 229 g/mol. The van der Waals surface area contributed by atoms with Crippen LogP contribution < -0.4 is 5.32 Å². The molecule has 3 unspecified atom stereocenters. The van der Waals surface area contributed by atoms with Crippen molar-refractivity contribution in [2.75, 3.05) is 0 Å². The van der Waals surface area contributed by atoms with Crippen LogP contribution in [0.25, 0.3) is 0 Å². The number of fused-ring (bicyclic) bond motifs is 2. The van der Waals surface area contributed by atoms with Crippen molar-refractivity contribution in [1.29, 1.82) is 0 Å². The third kappa shape index (κ3) is 0.941. The highest BCUT2D eigenvalue weighted by Crippen LogP contribution is 2.39. The van der Waals surface area contributed by atoms with Crippen LogP contribution in [0.15, 0.2) is 0 Å². The highest BCUT2D eigenvalue weighted by Gasteiger charge is 2.39. The summed E-state index contributed by atoms with van der Waals surface area (Å²) in [4.78, 5) is 0. The van der Waals surface area contributed by atoms with E-state index in [1.165, 1.54) is 19.3 Å². The standard InChI is InChI=1S/C6H10INO/c9-7-6-4-1-2-5(3-4)8-6/h4-6,8H,1-3H2. The van der Waals surface area contributed by atoms with E-state index < -0.39 is 21.2 Å². The number of alkyl halides is 1. The second kappa shape index (κ2) is 2.27. The van der Waals surface area contributed by atoms with Crippen LogP contribution in [0, 0.1) is 5.92 Å². The first-order valence-electron chi connectivity index (χ1n) is 3.42. The zero-order valence-electron chi connectivity index (χ0n) is 5.14. The first-order valence-corrected chi connectivity index (χ1v) is 5.54. The van der Waals surface area contributed by atoms with E-state index in [1.54, 1.807) is 0 Å². The summed E-state index contributed by atoms with van der Waals surface area (Å²) in [6, 6.07) is 0.730. The van der Waals surface area contributed by atoms with Gasteiger partial charge >= 0.3 is 0 Å². The fourth-order valence-electron chi connectivity index (χ4n) is 1.89. The average Bonchev–Trinajstić information content (AvgIpc) is 2.45. The number of halogens is 1. The maximum Gasteiger partial charge on any atom is 0.163 e. The molecule has 2 bridgehead atoms. The summed E-state index contributed by atoms with van der Waals surface area (Å²) in [5.41, 5.74) is 0. The number of hydrogen-bond donors (Lipinski definition) is 1. The van der Waals surface area contributed by atoms with E-state index in [0.29, 0.717) is 4.05 Å². The molecule has 1 saturated heterocycles. The molecule has 2 nitrogen and oxygen atoms in total. The fraction of sp³-hybridized carbons (Fsp3) is 1.00. The lowest BCUT2D eigenvalue weighted by atomic mass is 10.1. The predicted octanol–water partition coefficient (Wildman–Crippen LogP) is 1.40. The van der Waals surface area contributed by atoms with Gasteiger partial charge in [0.2, 0.25) is 0 Å². The average molecular weight is 239 g/mol. The molecule has 0 radical (unpaired) electrons. The van der Waals surface area contributed by atoms with Crippen molar-refractivity contribution in [1.82, 2.24) is 5.32 Å².